The van der Waals surface area contributed by atoms with Gasteiger partial charge in [0.05, 0.1) is 7.11 Å². The molecule has 0 bridgehead atoms. The average Bonchev–Trinajstić information content (AvgIpc) is 2.85. The lowest BCUT2D eigenvalue weighted by atomic mass is 10.1. The largest absolute Gasteiger partial charge is 0.497 e. The Balaban J connectivity index is 0.00000144. The normalized spacial score (nSPS) is 17.5. The third kappa shape index (κ3) is 3.35. The molecule has 1 aliphatic rings. The van der Waals surface area contributed by atoms with Gasteiger partial charge in [0.1, 0.15) is 5.75 Å². The van der Waals surface area contributed by atoms with Crippen molar-refractivity contribution in [3.63, 3.8) is 0 Å². The fourth-order valence-corrected chi connectivity index (χ4v) is 2.38. The number of benzene rings is 1. The van der Waals surface area contributed by atoms with Gasteiger partial charge in [0.25, 0.3) is 0 Å². The Bertz CT molecular complexity index is 323. The fraction of sp³-hybridized carbons (Fsp3) is 0.538. The van der Waals surface area contributed by atoms with E-state index in [1.807, 2.05) is 12.1 Å². The number of hydrogen-bond donors (Lipinski definition) is 1. The van der Waals surface area contributed by atoms with E-state index in [0.29, 0.717) is 12.6 Å². The van der Waals surface area contributed by atoms with Crippen molar-refractivity contribution in [3.8, 4) is 5.75 Å². The predicted molar refractivity (Wildman–Crippen MR) is 72.8 cm³/mol. The molecule has 0 amide bonds. The van der Waals surface area contributed by atoms with Crippen LogP contribution < -0.4 is 10.5 Å². The van der Waals surface area contributed by atoms with Crippen molar-refractivity contribution >= 4 is 12.4 Å². The van der Waals surface area contributed by atoms with Gasteiger partial charge < -0.3 is 10.5 Å². The van der Waals surface area contributed by atoms with Crippen LogP contribution in [0.25, 0.3) is 0 Å². The summed E-state index contributed by atoms with van der Waals surface area (Å²) in [5, 5.41) is 0. The van der Waals surface area contributed by atoms with Gasteiger partial charge in [-0.05, 0) is 43.6 Å². The molecule has 4 heteroatoms. The van der Waals surface area contributed by atoms with E-state index in [4.69, 9.17) is 10.5 Å². The van der Waals surface area contributed by atoms with E-state index in [2.05, 4.69) is 17.0 Å². The molecule has 0 spiro atoms. The Morgan fingerprint density at radius 1 is 1.24 bits per heavy atom. The van der Waals surface area contributed by atoms with Gasteiger partial charge in [-0.15, -0.1) is 12.4 Å². The van der Waals surface area contributed by atoms with Crippen LogP contribution in [-0.4, -0.2) is 31.6 Å². The summed E-state index contributed by atoms with van der Waals surface area (Å²) in [7, 11) is 1.69. The van der Waals surface area contributed by atoms with Gasteiger partial charge in [0.2, 0.25) is 0 Å². The van der Waals surface area contributed by atoms with E-state index in [-0.39, 0.29) is 12.4 Å². The highest BCUT2D eigenvalue weighted by Gasteiger charge is 2.21. The summed E-state index contributed by atoms with van der Waals surface area (Å²) < 4.78 is 5.16. The highest BCUT2D eigenvalue weighted by molar-refractivity contribution is 5.85. The molecule has 1 aliphatic heterocycles. The first kappa shape index (κ1) is 14.3. The summed E-state index contributed by atoms with van der Waals surface area (Å²) in [6, 6.07) is 8.62. The number of hydrogen-bond acceptors (Lipinski definition) is 3. The minimum atomic E-state index is 0. The Morgan fingerprint density at radius 2 is 1.82 bits per heavy atom. The number of halogens is 1. The molecule has 1 saturated heterocycles. The molecule has 96 valence electrons. The maximum absolute atomic E-state index is 5.88. The minimum Gasteiger partial charge on any atom is -0.497 e. The molecule has 1 aromatic carbocycles. The molecular formula is C13H21ClN2O. The monoisotopic (exact) mass is 256 g/mol. The third-order valence-corrected chi connectivity index (χ3v) is 3.31. The molecule has 0 radical (unpaired) electrons. The van der Waals surface area contributed by atoms with E-state index in [0.717, 1.165) is 5.75 Å². The third-order valence-electron chi connectivity index (χ3n) is 3.31. The first-order valence-electron chi connectivity index (χ1n) is 5.93. The van der Waals surface area contributed by atoms with Crippen LogP contribution in [-0.2, 0) is 0 Å². The molecule has 1 heterocycles. The van der Waals surface area contributed by atoms with Gasteiger partial charge in [0, 0.05) is 12.6 Å². The zero-order valence-corrected chi connectivity index (χ0v) is 11.1. The molecule has 17 heavy (non-hydrogen) atoms. The van der Waals surface area contributed by atoms with Crippen molar-refractivity contribution in [1.82, 2.24) is 4.90 Å². The standard InChI is InChI=1S/C13H20N2O.ClH/c1-16-12-6-4-11(5-7-12)13(10-14)15-8-2-3-9-15;/h4-7,13H,2-3,8-10,14H2,1H3;1H. The zero-order valence-electron chi connectivity index (χ0n) is 10.3. The summed E-state index contributed by atoms with van der Waals surface area (Å²) in [6.45, 7) is 3.04. The Kier molecular flexibility index (Phi) is 5.75. The van der Waals surface area contributed by atoms with Crippen LogP contribution in [0.5, 0.6) is 5.75 Å². The van der Waals surface area contributed by atoms with Crippen LogP contribution in [0, 0.1) is 0 Å². The van der Waals surface area contributed by atoms with Crippen LogP contribution in [0.15, 0.2) is 24.3 Å². The molecule has 2 rings (SSSR count). The number of likely N-dealkylation sites (tertiary alicyclic amines) is 1. The number of rotatable bonds is 4. The van der Waals surface area contributed by atoms with Gasteiger partial charge in [0.15, 0.2) is 0 Å². The summed E-state index contributed by atoms with van der Waals surface area (Å²) in [4.78, 5) is 2.47. The van der Waals surface area contributed by atoms with Crippen molar-refractivity contribution in [2.45, 2.75) is 18.9 Å². The van der Waals surface area contributed by atoms with Crippen molar-refractivity contribution in [3.05, 3.63) is 29.8 Å². The first-order chi connectivity index (χ1) is 7.85. The lowest BCUT2D eigenvalue weighted by molar-refractivity contribution is 0.251. The highest BCUT2D eigenvalue weighted by atomic mass is 35.5. The van der Waals surface area contributed by atoms with Crippen LogP contribution in [0.1, 0.15) is 24.4 Å². The predicted octanol–water partition coefficient (Wildman–Crippen LogP) is 2.21. The fourth-order valence-electron chi connectivity index (χ4n) is 2.38. The molecule has 0 aliphatic carbocycles. The first-order valence-corrected chi connectivity index (χ1v) is 5.93. The van der Waals surface area contributed by atoms with Crippen LogP contribution in [0.4, 0.5) is 0 Å². The van der Waals surface area contributed by atoms with Crippen molar-refractivity contribution in [2.24, 2.45) is 5.73 Å². The van der Waals surface area contributed by atoms with E-state index in [1.165, 1.54) is 31.5 Å². The number of methoxy groups -OCH3 is 1. The van der Waals surface area contributed by atoms with Gasteiger partial charge in [-0.1, -0.05) is 12.1 Å². The molecule has 2 N–H and O–H groups in total. The minimum absolute atomic E-state index is 0. The van der Waals surface area contributed by atoms with Crippen LogP contribution in [0.2, 0.25) is 0 Å². The molecule has 1 fully saturated rings. The topological polar surface area (TPSA) is 38.5 Å². The zero-order chi connectivity index (χ0) is 11.4. The lowest BCUT2D eigenvalue weighted by Crippen LogP contribution is -2.31. The second kappa shape index (κ2) is 6.84. The average molecular weight is 257 g/mol. The smallest absolute Gasteiger partial charge is 0.118 e. The Hall–Kier alpha value is -0.770. The molecule has 0 aromatic heterocycles. The molecule has 1 atom stereocenters. The maximum Gasteiger partial charge on any atom is 0.118 e. The number of nitrogens with zero attached hydrogens (tertiary/aromatic N) is 1. The lowest BCUT2D eigenvalue weighted by Gasteiger charge is -2.26. The van der Waals surface area contributed by atoms with E-state index in [1.54, 1.807) is 7.11 Å². The van der Waals surface area contributed by atoms with Gasteiger partial charge in [-0.2, -0.15) is 0 Å². The van der Waals surface area contributed by atoms with Crippen LogP contribution in [0.3, 0.4) is 0 Å². The molecule has 3 nitrogen and oxygen atoms in total. The van der Waals surface area contributed by atoms with Crippen molar-refractivity contribution in [2.75, 3.05) is 26.7 Å². The van der Waals surface area contributed by atoms with Crippen LogP contribution >= 0.6 is 12.4 Å². The second-order valence-electron chi connectivity index (χ2n) is 4.27. The van der Waals surface area contributed by atoms with Crippen molar-refractivity contribution in [1.29, 1.82) is 0 Å². The maximum atomic E-state index is 5.88. The van der Waals surface area contributed by atoms with E-state index >= 15 is 0 Å². The quantitative estimate of drug-likeness (QED) is 0.898. The Labute approximate surface area is 109 Å². The van der Waals surface area contributed by atoms with Gasteiger partial charge in [-0.3, -0.25) is 4.90 Å². The number of ether oxygens (including phenoxy) is 1. The SMILES string of the molecule is COc1ccc(C(CN)N2CCCC2)cc1.Cl. The molecule has 1 unspecified atom stereocenters. The Morgan fingerprint density at radius 3 is 2.29 bits per heavy atom. The van der Waals surface area contributed by atoms with E-state index in [9.17, 15) is 0 Å². The highest BCUT2D eigenvalue weighted by Crippen LogP contribution is 2.25. The molecular weight excluding hydrogens is 236 g/mol. The van der Waals surface area contributed by atoms with Gasteiger partial charge in [-0.25, -0.2) is 0 Å². The summed E-state index contributed by atoms with van der Waals surface area (Å²) >= 11 is 0. The van der Waals surface area contributed by atoms with E-state index < -0.39 is 0 Å². The summed E-state index contributed by atoms with van der Waals surface area (Å²) in [6.07, 6.45) is 2.60. The van der Waals surface area contributed by atoms with Crippen molar-refractivity contribution < 1.29 is 4.74 Å². The molecule has 0 saturated carbocycles. The second-order valence-corrected chi connectivity index (χ2v) is 4.27. The van der Waals surface area contributed by atoms with Gasteiger partial charge >= 0.3 is 0 Å². The molecule has 1 aromatic rings. The summed E-state index contributed by atoms with van der Waals surface area (Å²) in [5.74, 6) is 0.904. The summed E-state index contributed by atoms with van der Waals surface area (Å²) in [5.41, 5.74) is 7.18. The number of nitrogens with two attached hydrogens (primary N) is 1.